The number of ether oxygens (including phenoxy) is 1. The minimum Gasteiger partial charge on any atom is -0.378 e. The summed E-state index contributed by atoms with van der Waals surface area (Å²) in [6, 6.07) is 11.6. The number of aryl methyl sites for hydroxylation is 1. The highest BCUT2D eigenvalue weighted by Gasteiger charge is 2.18. The average Bonchev–Trinajstić information content (AvgIpc) is 2.69. The van der Waals surface area contributed by atoms with E-state index in [9.17, 15) is 14.4 Å². The Balaban J connectivity index is 1.86. The van der Waals surface area contributed by atoms with Crippen LogP contribution in [0.1, 0.15) is 11.1 Å². The molecule has 0 saturated carbocycles. The molecule has 1 N–H and O–H groups in total. The smallest absolute Gasteiger partial charge is 0.266 e. The first-order chi connectivity index (χ1) is 13.5. The summed E-state index contributed by atoms with van der Waals surface area (Å²) in [4.78, 5) is 14.8. The van der Waals surface area contributed by atoms with Gasteiger partial charge < -0.3 is 15.0 Å². The van der Waals surface area contributed by atoms with Crippen LogP contribution in [-0.2, 0) is 9.53 Å². The molecule has 0 aliphatic carbocycles. The number of rotatable bonds is 4. The lowest BCUT2D eigenvalue weighted by Crippen LogP contribution is -2.36. The second kappa shape index (κ2) is 8.87. The van der Waals surface area contributed by atoms with Crippen LogP contribution in [0.15, 0.2) is 42.0 Å². The number of hydrogen-bond acceptors (Lipinski definition) is 4. The number of nitrogens with zero attached hydrogens (tertiary/aromatic N) is 2. The summed E-state index contributed by atoms with van der Waals surface area (Å²) in [6.45, 7) is 4.21. The third-order valence-electron chi connectivity index (χ3n) is 4.42. The topological polar surface area (TPSA) is 65.4 Å². The van der Waals surface area contributed by atoms with Gasteiger partial charge in [-0.1, -0.05) is 17.7 Å². The van der Waals surface area contributed by atoms with E-state index in [2.05, 4.69) is 10.2 Å². The van der Waals surface area contributed by atoms with Crippen molar-refractivity contribution in [2.45, 2.75) is 6.92 Å². The van der Waals surface area contributed by atoms with Crippen molar-refractivity contribution in [1.82, 2.24) is 0 Å². The number of carbonyl (C=O) groups is 1. The van der Waals surface area contributed by atoms with Crippen molar-refractivity contribution in [2.24, 2.45) is 0 Å². The molecule has 3 rings (SSSR count). The number of benzene rings is 2. The van der Waals surface area contributed by atoms with Crippen LogP contribution in [0.25, 0.3) is 6.08 Å². The highest BCUT2D eigenvalue weighted by molar-refractivity contribution is 6.31. The number of morpholine rings is 1. The Labute approximate surface area is 168 Å². The fraction of sp³-hybridized carbons (Fsp3) is 0.238. The molecule has 144 valence electrons. The predicted molar refractivity (Wildman–Crippen MR) is 108 cm³/mol. The Morgan fingerprint density at radius 2 is 2.04 bits per heavy atom. The minimum atomic E-state index is -0.554. The molecule has 5 nitrogen and oxygen atoms in total. The van der Waals surface area contributed by atoms with Crippen molar-refractivity contribution >= 4 is 35.0 Å². The van der Waals surface area contributed by atoms with E-state index in [-0.39, 0.29) is 11.4 Å². The molecule has 0 spiro atoms. The Kier molecular flexibility index (Phi) is 6.30. The molecule has 1 amide bonds. The molecular formula is C21H19ClFN3O2. The number of anilines is 2. The molecule has 1 aliphatic heterocycles. The highest BCUT2D eigenvalue weighted by Crippen LogP contribution is 2.30. The number of nitriles is 1. The maximum Gasteiger partial charge on any atom is 0.266 e. The van der Waals surface area contributed by atoms with E-state index < -0.39 is 5.91 Å². The Hall–Kier alpha value is -2.88. The molecule has 0 aromatic heterocycles. The quantitative estimate of drug-likeness (QED) is 0.619. The molecule has 1 fully saturated rings. The van der Waals surface area contributed by atoms with Gasteiger partial charge in [0.2, 0.25) is 0 Å². The van der Waals surface area contributed by atoms with Gasteiger partial charge in [0.1, 0.15) is 17.5 Å². The largest absolute Gasteiger partial charge is 0.378 e. The van der Waals surface area contributed by atoms with E-state index in [0.29, 0.717) is 48.1 Å². The van der Waals surface area contributed by atoms with Crippen molar-refractivity contribution < 1.29 is 13.9 Å². The normalized spacial score (nSPS) is 14.5. The fourth-order valence-corrected chi connectivity index (χ4v) is 3.12. The fourth-order valence-electron chi connectivity index (χ4n) is 2.95. The summed E-state index contributed by atoms with van der Waals surface area (Å²) >= 11 is 6.11. The minimum absolute atomic E-state index is 0.0843. The first-order valence-electron chi connectivity index (χ1n) is 8.79. The lowest BCUT2D eigenvalue weighted by molar-refractivity contribution is -0.112. The zero-order valence-electron chi connectivity index (χ0n) is 15.3. The first kappa shape index (κ1) is 19.9. The first-order valence-corrected chi connectivity index (χ1v) is 9.17. The van der Waals surface area contributed by atoms with Gasteiger partial charge in [-0.25, -0.2) is 4.39 Å². The van der Waals surface area contributed by atoms with Gasteiger partial charge in [0, 0.05) is 18.1 Å². The van der Waals surface area contributed by atoms with Gasteiger partial charge in [0.15, 0.2) is 0 Å². The average molecular weight is 400 g/mol. The predicted octanol–water partition coefficient (Wildman–Crippen LogP) is 4.17. The molecule has 1 saturated heterocycles. The maximum absolute atomic E-state index is 13.4. The summed E-state index contributed by atoms with van der Waals surface area (Å²) < 4.78 is 18.8. The molecule has 7 heteroatoms. The van der Waals surface area contributed by atoms with Gasteiger partial charge in [-0.15, -0.1) is 0 Å². The zero-order chi connectivity index (χ0) is 20.1. The number of nitrogens with one attached hydrogen (secondary N) is 1. The van der Waals surface area contributed by atoms with Crippen LogP contribution in [0, 0.1) is 24.1 Å². The van der Waals surface area contributed by atoms with Gasteiger partial charge >= 0.3 is 0 Å². The highest BCUT2D eigenvalue weighted by atomic mass is 35.5. The van der Waals surface area contributed by atoms with Gasteiger partial charge in [0.25, 0.3) is 5.91 Å². The lowest BCUT2D eigenvalue weighted by atomic mass is 10.1. The van der Waals surface area contributed by atoms with E-state index in [1.54, 1.807) is 25.1 Å². The van der Waals surface area contributed by atoms with Crippen LogP contribution in [0.2, 0.25) is 5.02 Å². The van der Waals surface area contributed by atoms with Crippen molar-refractivity contribution in [1.29, 1.82) is 5.26 Å². The lowest BCUT2D eigenvalue weighted by Gasteiger charge is -2.30. The molecule has 1 aliphatic rings. The summed E-state index contributed by atoms with van der Waals surface area (Å²) in [5, 5.41) is 12.7. The SMILES string of the molecule is Cc1cc(C=C(C#N)C(=O)Nc2cc(Cl)ccc2N2CCOCC2)ccc1F. The standard InChI is InChI=1S/C21H19ClFN3O2/c1-14-10-15(2-4-18(14)23)11-16(13-24)21(27)25-19-12-17(22)3-5-20(19)26-6-8-28-9-7-26/h2-5,10-12H,6-9H2,1H3,(H,25,27). The zero-order valence-corrected chi connectivity index (χ0v) is 16.1. The third-order valence-corrected chi connectivity index (χ3v) is 4.65. The monoisotopic (exact) mass is 399 g/mol. The van der Waals surface area contributed by atoms with Gasteiger partial charge in [0.05, 0.1) is 24.6 Å². The molecule has 0 atom stereocenters. The molecule has 1 heterocycles. The van der Waals surface area contributed by atoms with Crippen molar-refractivity contribution in [3.05, 3.63) is 63.9 Å². The Morgan fingerprint density at radius 3 is 2.71 bits per heavy atom. The van der Waals surface area contributed by atoms with Crippen LogP contribution in [0.5, 0.6) is 0 Å². The van der Waals surface area contributed by atoms with E-state index >= 15 is 0 Å². The number of amides is 1. The van der Waals surface area contributed by atoms with E-state index in [1.165, 1.54) is 18.2 Å². The number of hydrogen-bond donors (Lipinski definition) is 1. The Morgan fingerprint density at radius 1 is 1.29 bits per heavy atom. The molecule has 0 radical (unpaired) electrons. The van der Waals surface area contributed by atoms with Gasteiger partial charge in [-0.05, 0) is 54.5 Å². The Bertz CT molecular complexity index is 963. The van der Waals surface area contributed by atoms with Crippen LogP contribution in [0.3, 0.4) is 0 Å². The molecule has 0 unspecified atom stereocenters. The van der Waals surface area contributed by atoms with Gasteiger partial charge in [-0.2, -0.15) is 5.26 Å². The van der Waals surface area contributed by atoms with Crippen LogP contribution in [-0.4, -0.2) is 32.2 Å². The molecule has 2 aromatic carbocycles. The summed E-state index contributed by atoms with van der Waals surface area (Å²) in [7, 11) is 0. The van der Waals surface area contributed by atoms with Gasteiger partial charge in [-0.3, -0.25) is 4.79 Å². The second-order valence-corrected chi connectivity index (χ2v) is 6.83. The summed E-state index contributed by atoms with van der Waals surface area (Å²) in [5.74, 6) is -0.893. The molecule has 0 bridgehead atoms. The van der Waals surface area contributed by atoms with E-state index in [4.69, 9.17) is 16.3 Å². The van der Waals surface area contributed by atoms with E-state index in [1.807, 2.05) is 12.1 Å². The summed E-state index contributed by atoms with van der Waals surface area (Å²) in [5.41, 5.74) is 2.27. The number of halogens is 2. The van der Waals surface area contributed by atoms with Crippen LogP contribution < -0.4 is 10.2 Å². The van der Waals surface area contributed by atoms with Crippen molar-refractivity contribution in [3.8, 4) is 6.07 Å². The van der Waals surface area contributed by atoms with E-state index in [0.717, 1.165) is 5.69 Å². The van der Waals surface area contributed by atoms with Crippen molar-refractivity contribution in [3.63, 3.8) is 0 Å². The third kappa shape index (κ3) is 4.69. The van der Waals surface area contributed by atoms with Crippen LogP contribution in [0.4, 0.5) is 15.8 Å². The molecular weight excluding hydrogens is 381 g/mol. The molecule has 28 heavy (non-hydrogen) atoms. The van der Waals surface area contributed by atoms with Crippen LogP contribution >= 0.6 is 11.6 Å². The summed E-state index contributed by atoms with van der Waals surface area (Å²) in [6.07, 6.45) is 1.43. The number of carbonyl (C=O) groups excluding carboxylic acids is 1. The maximum atomic E-state index is 13.4. The van der Waals surface area contributed by atoms with Crippen molar-refractivity contribution in [2.75, 3.05) is 36.5 Å². The molecule has 2 aromatic rings. The second-order valence-electron chi connectivity index (χ2n) is 6.39.